The molecule has 1 aromatic carbocycles. The first-order chi connectivity index (χ1) is 9.88. The van der Waals surface area contributed by atoms with Crippen LogP contribution in [0.2, 0.25) is 0 Å². The van der Waals surface area contributed by atoms with Gasteiger partial charge in [-0.2, -0.15) is 0 Å². The van der Waals surface area contributed by atoms with Crippen molar-refractivity contribution in [1.29, 1.82) is 0 Å². The summed E-state index contributed by atoms with van der Waals surface area (Å²) in [6.07, 6.45) is 3.31. The third kappa shape index (κ3) is 7.63. The SMILES string of the molecule is CCCNCCc1ccccc1COCCOCCC. The molecule has 0 aliphatic rings. The topological polar surface area (TPSA) is 30.5 Å². The molecule has 0 atom stereocenters. The first-order valence-electron chi connectivity index (χ1n) is 7.81. The normalized spacial score (nSPS) is 10.9. The zero-order valence-electron chi connectivity index (χ0n) is 13.0. The summed E-state index contributed by atoms with van der Waals surface area (Å²) in [4.78, 5) is 0. The molecule has 1 N–H and O–H groups in total. The Morgan fingerprint density at radius 2 is 1.60 bits per heavy atom. The quantitative estimate of drug-likeness (QED) is 0.596. The van der Waals surface area contributed by atoms with Gasteiger partial charge in [0.1, 0.15) is 0 Å². The predicted molar refractivity (Wildman–Crippen MR) is 84.1 cm³/mol. The highest BCUT2D eigenvalue weighted by Gasteiger charge is 2.01. The molecule has 0 aliphatic heterocycles. The van der Waals surface area contributed by atoms with E-state index in [2.05, 4.69) is 43.4 Å². The number of ether oxygens (including phenoxy) is 2. The maximum atomic E-state index is 5.69. The van der Waals surface area contributed by atoms with E-state index in [4.69, 9.17) is 9.47 Å². The summed E-state index contributed by atoms with van der Waals surface area (Å²) in [7, 11) is 0. The van der Waals surface area contributed by atoms with E-state index in [1.807, 2.05) is 0 Å². The third-order valence-corrected chi connectivity index (χ3v) is 3.09. The first-order valence-corrected chi connectivity index (χ1v) is 7.81. The van der Waals surface area contributed by atoms with E-state index in [9.17, 15) is 0 Å². The van der Waals surface area contributed by atoms with Crippen LogP contribution in [0.3, 0.4) is 0 Å². The molecule has 3 heteroatoms. The van der Waals surface area contributed by atoms with E-state index >= 15 is 0 Å². The minimum absolute atomic E-state index is 0.669. The van der Waals surface area contributed by atoms with Gasteiger partial charge in [0.15, 0.2) is 0 Å². The molecule has 20 heavy (non-hydrogen) atoms. The fourth-order valence-electron chi connectivity index (χ4n) is 2.01. The monoisotopic (exact) mass is 279 g/mol. The Kier molecular flexibility index (Phi) is 10.2. The second-order valence-electron chi connectivity index (χ2n) is 4.93. The Morgan fingerprint density at radius 3 is 2.35 bits per heavy atom. The number of hydrogen-bond donors (Lipinski definition) is 1. The predicted octanol–water partition coefficient (Wildman–Crippen LogP) is 3.17. The molecule has 0 amide bonds. The minimum atomic E-state index is 0.669. The highest BCUT2D eigenvalue weighted by molar-refractivity contribution is 5.26. The van der Waals surface area contributed by atoms with Crippen LogP contribution in [-0.2, 0) is 22.5 Å². The number of benzene rings is 1. The van der Waals surface area contributed by atoms with E-state index in [0.29, 0.717) is 19.8 Å². The van der Waals surface area contributed by atoms with E-state index in [-0.39, 0.29) is 0 Å². The van der Waals surface area contributed by atoms with Crippen molar-refractivity contribution in [2.75, 3.05) is 32.9 Å². The molecule has 0 radical (unpaired) electrons. The average Bonchev–Trinajstić information content (AvgIpc) is 2.48. The van der Waals surface area contributed by atoms with Gasteiger partial charge in [0.05, 0.1) is 19.8 Å². The van der Waals surface area contributed by atoms with Gasteiger partial charge in [0.25, 0.3) is 0 Å². The van der Waals surface area contributed by atoms with Crippen LogP contribution in [0.5, 0.6) is 0 Å². The molecule has 1 aromatic rings. The van der Waals surface area contributed by atoms with Crippen LogP contribution in [0, 0.1) is 0 Å². The second kappa shape index (κ2) is 11.9. The van der Waals surface area contributed by atoms with Gasteiger partial charge < -0.3 is 14.8 Å². The van der Waals surface area contributed by atoms with Crippen molar-refractivity contribution < 1.29 is 9.47 Å². The van der Waals surface area contributed by atoms with E-state index in [1.165, 1.54) is 17.5 Å². The summed E-state index contributed by atoms with van der Waals surface area (Å²) in [5.74, 6) is 0. The van der Waals surface area contributed by atoms with Crippen molar-refractivity contribution in [2.45, 2.75) is 39.7 Å². The van der Waals surface area contributed by atoms with Crippen LogP contribution in [0.1, 0.15) is 37.8 Å². The Hall–Kier alpha value is -0.900. The molecule has 3 nitrogen and oxygen atoms in total. The van der Waals surface area contributed by atoms with Crippen molar-refractivity contribution in [3.8, 4) is 0 Å². The molecule has 0 spiro atoms. The van der Waals surface area contributed by atoms with Gasteiger partial charge in [-0.1, -0.05) is 38.1 Å². The molecule has 0 saturated heterocycles. The van der Waals surface area contributed by atoms with Crippen LogP contribution in [-0.4, -0.2) is 32.9 Å². The summed E-state index contributed by atoms with van der Waals surface area (Å²) < 4.78 is 11.1. The summed E-state index contributed by atoms with van der Waals surface area (Å²) in [5.41, 5.74) is 2.67. The van der Waals surface area contributed by atoms with Crippen molar-refractivity contribution in [2.24, 2.45) is 0 Å². The van der Waals surface area contributed by atoms with Gasteiger partial charge in [-0.3, -0.25) is 0 Å². The first kappa shape index (κ1) is 17.2. The number of rotatable bonds is 12. The maximum Gasteiger partial charge on any atom is 0.0720 e. The standard InChI is InChI=1S/C17H29NO2/c1-3-10-18-11-9-16-7-5-6-8-17(16)15-20-14-13-19-12-4-2/h5-8,18H,3-4,9-15H2,1-2H3. The van der Waals surface area contributed by atoms with Gasteiger partial charge in [-0.25, -0.2) is 0 Å². The molecule has 114 valence electrons. The molecule has 0 fully saturated rings. The summed E-state index contributed by atoms with van der Waals surface area (Å²) in [5, 5.41) is 3.44. The molecule has 0 saturated carbocycles. The lowest BCUT2D eigenvalue weighted by Crippen LogP contribution is -2.18. The number of hydrogen-bond acceptors (Lipinski definition) is 3. The second-order valence-corrected chi connectivity index (χ2v) is 4.93. The molecule has 0 unspecified atom stereocenters. The van der Waals surface area contributed by atoms with Gasteiger partial charge in [-0.05, 0) is 43.5 Å². The van der Waals surface area contributed by atoms with Crippen molar-refractivity contribution >= 4 is 0 Å². The lowest BCUT2D eigenvalue weighted by atomic mass is 10.1. The number of nitrogens with one attached hydrogen (secondary N) is 1. The Morgan fingerprint density at radius 1 is 0.850 bits per heavy atom. The lowest BCUT2D eigenvalue weighted by molar-refractivity contribution is 0.0406. The molecular weight excluding hydrogens is 250 g/mol. The largest absolute Gasteiger partial charge is 0.379 e. The minimum Gasteiger partial charge on any atom is -0.379 e. The van der Waals surface area contributed by atoms with Crippen molar-refractivity contribution in [1.82, 2.24) is 5.32 Å². The zero-order valence-corrected chi connectivity index (χ0v) is 13.0. The highest BCUT2D eigenvalue weighted by atomic mass is 16.5. The Labute approximate surface area is 123 Å². The Bertz CT molecular complexity index is 342. The molecule has 0 aromatic heterocycles. The van der Waals surface area contributed by atoms with Gasteiger partial charge in [0.2, 0.25) is 0 Å². The van der Waals surface area contributed by atoms with Crippen molar-refractivity contribution in [3.05, 3.63) is 35.4 Å². The van der Waals surface area contributed by atoms with Crippen LogP contribution in [0.4, 0.5) is 0 Å². The van der Waals surface area contributed by atoms with Crippen LogP contribution < -0.4 is 5.32 Å². The van der Waals surface area contributed by atoms with Gasteiger partial charge in [-0.15, -0.1) is 0 Å². The van der Waals surface area contributed by atoms with Crippen LogP contribution in [0.15, 0.2) is 24.3 Å². The molecule has 1 rings (SSSR count). The molecular formula is C17H29NO2. The van der Waals surface area contributed by atoms with E-state index in [1.54, 1.807) is 0 Å². The lowest BCUT2D eigenvalue weighted by Gasteiger charge is -2.11. The summed E-state index contributed by atoms with van der Waals surface area (Å²) in [6, 6.07) is 8.53. The fourth-order valence-corrected chi connectivity index (χ4v) is 2.01. The van der Waals surface area contributed by atoms with Crippen molar-refractivity contribution in [3.63, 3.8) is 0 Å². The fraction of sp³-hybridized carbons (Fsp3) is 0.647. The smallest absolute Gasteiger partial charge is 0.0720 e. The van der Waals surface area contributed by atoms with Gasteiger partial charge >= 0.3 is 0 Å². The van der Waals surface area contributed by atoms with Crippen LogP contribution >= 0.6 is 0 Å². The molecule has 0 bridgehead atoms. The van der Waals surface area contributed by atoms with E-state index < -0.39 is 0 Å². The third-order valence-electron chi connectivity index (χ3n) is 3.09. The van der Waals surface area contributed by atoms with Gasteiger partial charge in [0, 0.05) is 6.61 Å². The maximum absolute atomic E-state index is 5.69. The summed E-state index contributed by atoms with van der Waals surface area (Å²) >= 11 is 0. The Balaban J connectivity index is 2.26. The average molecular weight is 279 g/mol. The van der Waals surface area contributed by atoms with Crippen LogP contribution in [0.25, 0.3) is 0 Å². The molecule has 0 aliphatic carbocycles. The molecule has 0 heterocycles. The highest BCUT2D eigenvalue weighted by Crippen LogP contribution is 2.10. The van der Waals surface area contributed by atoms with E-state index in [0.717, 1.165) is 32.5 Å². The summed E-state index contributed by atoms with van der Waals surface area (Å²) in [6.45, 7) is 9.29. The zero-order chi connectivity index (χ0) is 14.5.